The number of amides is 1. The van der Waals surface area contributed by atoms with Crippen LogP contribution in [0.3, 0.4) is 0 Å². The van der Waals surface area contributed by atoms with E-state index in [9.17, 15) is 14.7 Å². The Balaban J connectivity index is 2.25. The van der Waals surface area contributed by atoms with Crippen LogP contribution < -0.4 is 10.4 Å². The van der Waals surface area contributed by atoms with Gasteiger partial charge in [-0.15, -0.1) is 11.3 Å². The fraction of sp³-hybridized carbons (Fsp3) is 0.133. The fourth-order valence-corrected chi connectivity index (χ4v) is 2.89. The quantitative estimate of drug-likeness (QED) is 0.695. The molecule has 22 heavy (non-hydrogen) atoms. The van der Waals surface area contributed by atoms with Crippen molar-refractivity contribution in [1.82, 2.24) is 4.57 Å². The number of aromatic hydroxyl groups is 1. The molecular formula is C15H12N2O4S. The average Bonchev–Trinajstić information content (AvgIpc) is 2.85. The molecule has 0 unspecified atom stereocenters. The van der Waals surface area contributed by atoms with Crippen LogP contribution in [0.15, 0.2) is 44.0 Å². The Kier molecular flexibility index (Phi) is 3.42. The van der Waals surface area contributed by atoms with Crippen LogP contribution in [0.25, 0.3) is 11.0 Å². The van der Waals surface area contributed by atoms with Gasteiger partial charge in [0.15, 0.2) is 4.80 Å². The summed E-state index contributed by atoms with van der Waals surface area (Å²) in [5.74, 6) is -0.626. The molecule has 3 aromatic rings. The minimum Gasteiger partial charge on any atom is -0.508 e. The molecule has 0 saturated carbocycles. The molecule has 0 radical (unpaired) electrons. The van der Waals surface area contributed by atoms with Crippen molar-refractivity contribution in [2.45, 2.75) is 6.92 Å². The Hall–Kier alpha value is -2.67. The largest absolute Gasteiger partial charge is 0.508 e. The van der Waals surface area contributed by atoms with Gasteiger partial charge in [0.05, 0.1) is 0 Å². The summed E-state index contributed by atoms with van der Waals surface area (Å²) in [5, 5.41) is 11.9. The van der Waals surface area contributed by atoms with Crippen LogP contribution in [0.2, 0.25) is 0 Å². The first-order valence-corrected chi connectivity index (χ1v) is 7.31. The third-order valence-electron chi connectivity index (χ3n) is 3.32. The number of carbonyl (C=O) groups is 1. The van der Waals surface area contributed by atoms with E-state index < -0.39 is 11.5 Å². The van der Waals surface area contributed by atoms with Gasteiger partial charge in [-0.1, -0.05) is 0 Å². The number of aromatic nitrogens is 1. The summed E-state index contributed by atoms with van der Waals surface area (Å²) in [5.41, 5.74) is -0.0937. The molecule has 0 saturated heterocycles. The van der Waals surface area contributed by atoms with Crippen LogP contribution in [0.5, 0.6) is 5.75 Å². The van der Waals surface area contributed by atoms with Crippen molar-refractivity contribution >= 4 is 28.2 Å². The highest BCUT2D eigenvalue weighted by Crippen LogP contribution is 2.23. The topological polar surface area (TPSA) is 84.8 Å². The maximum absolute atomic E-state index is 12.3. The van der Waals surface area contributed by atoms with Crippen molar-refractivity contribution in [2.75, 3.05) is 0 Å². The Morgan fingerprint density at radius 2 is 2.18 bits per heavy atom. The molecule has 112 valence electrons. The molecule has 2 heterocycles. The molecule has 1 N–H and O–H groups in total. The van der Waals surface area contributed by atoms with Crippen molar-refractivity contribution in [3.05, 3.63) is 56.1 Å². The minimum atomic E-state index is -0.733. The predicted molar refractivity (Wildman–Crippen MR) is 82.1 cm³/mol. The lowest BCUT2D eigenvalue weighted by atomic mass is 10.1. The highest BCUT2D eigenvalue weighted by atomic mass is 32.1. The van der Waals surface area contributed by atoms with Crippen LogP contribution in [0.4, 0.5) is 0 Å². The Bertz CT molecular complexity index is 1010. The summed E-state index contributed by atoms with van der Waals surface area (Å²) in [6.07, 6.45) is 1.77. The van der Waals surface area contributed by atoms with Gasteiger partial charge in [-0.05, 0) is 30.7 Å². The fourth-order valence-electron chi connectivity index (χ4n) is 2.16. The first-order chi connectivity index (χ1) is 10.5. The van der Waals surface area contributed by atoms with Gasteiger partial charge in [-0.2, -0.15) is 4.99 Å². The van der Waals surface area contributed by atoms with Crippen LogP contribution >= 0.6 is 11.3 Å². The van der Waals surface area contributed by atoms with E-state index in [0.29, 0.717) is 21.3 Å². The molecule has 2 aromatic heterocycles. The van der Waals surface area contributed by atoms with Crippen LogP contribution in [-0.2, 0) is 7.05 Å². The lowest BCUT2D eigenvalue weighted by Crippen LogP contribution is -2.19. The molecule has 0 spiro atoms. The van der Waals surface area contributed by atoms with E-state index in [0.717, 1.165) is 0 Å². The summed E-state index contributed by atoms with van der Waals surface area (Å²) in [6.45, 7) is 1.63. The second-order valence-corrected chi connectivity index (χ2v) is 5.66. The Morgan fingerprint density at radius 1 is 1.41 bits per heavy atom. The molecule has 0 bridgehead atoms. The third-order valence-corrected chi connectivity index (χ3v) is 4.17. The molecule has 1 amide bonds. The first kappa shape index (κ1) is 14.3. The van der Waals surface area contributed by atoms with Gasteiger partial charge in [0, 0.05) is 24.0 Å². The van der Waals surface area contributed by atoms with Gasteiger partial charge < -0.3 is 14.1 Å². The second kappa shape index (κ2) is 5.27. The molecule has 0 aliphatic rings. The lowest BCUT2D eigenvalue weighted by Gasteiger charge is -2.05. The maximum Gasteiger partial charge on any atom is 0.349 e. The number of fused-ring (bicyclic) bond motifs is 1. The number of hydrogen-bond acceptors (Lipinski definition) is 5. The van der Waals surface area contributed by atoms with Crippen molar-refractivity contribution in [3.63, 3.8) is 0 Å². The third kappa shape index (κ3) is 2.35. The molecule has 0 atom stereocenters. The summed E-state index contributed by atoms with van der Waals surface area (Å²) in [4.78, 5) is 28.9. The summed E-state index contributed by atoms with van der Waals surface area (Å²) in [6, 6.07) is 4.36. The monoisotopic (exact) mass is 316 g/mol. The minimum absolute atomic E-state index is 0.0319. The molecule has 3 rings (SSSR count). The highest BCUT2D eigenvalue weighted by molar-refractivity contribution is 7.07. The van der Waals surface area contributed by atoms with Crippen molar-refractivity contribution < 1.29 is 14.3 Å². The molecule has 7 heteroatoms. The zero-order chi connectivity index (χ0) is 15.9. The van der Waals surface area contributed by atoms with Crippen LogP contribution in [-0.4, -0.2) is 15.6 Å². The average molecular weight is 316 g/mol. The number of aryl methyl sites for hydroxylation is 2. The number of phenolic OH excluding ortho intramolecular Hbond substituents is 1. The smallest absolute Gasteiger partial charge is 0.349 e. The summed E-state index contributed by atoms with van der Waals surface area (Å²) < 4.78 is 6.84. The summed E-state index contributed by atoms with van der Waals surface area (Å²) >= 11 is 1.29. The molecule has 1 aromatic carbocycles. The SMILES string of the molecule is Cc1c(C(=O)N=c2sccn2C)c(=O)oc2ccc(O)cc12. The number of thiazole rings is 1. The van der Waals surface area contributed by atoms with E-state index in [4.69, 9.17) is 4.42 Å². The number of hydrogen-bond donors (Lipinski definition) is 1. The van der Waals surface area contributed by atoms with E-state index in [1.807, 2.05) is 0 Å². The van der Waals surface area contributed by atoms with Gasteiger partial charge in [-0.3, -0.25) is 4.79 Å². The van der Waals surface area contributed by atoms with E-state index in [1.165, 1.54) is 29.5 Å². The normalized spacial score (nSPS) is 12.0. The van der Waals surface area contributed by atoms with Gasteiger partial charge in [0.1, 0.15) is 16.9 Å². The van der Waals surface area contributed by atoms with E-state index >= 15 is 0 Å². The number of nitrogens with zero attached hydrogens (tertiary/aromatic N) is 2. The number of rotatable bonds is 1. The molecule has 0 aliphatic carbocycles. The lowest BCUT2D eigenvalue weighted by molar-refractivity contribution is 0.0994. The van der Waals surface area contributed by atoms with Gasteiger partial charge in [-0.25, -0.2) is 4.79 Å². The van der Waals surface area contributed by atoms with Gasteiger partial charge in [0.2, 0.25) is 0 Å². The zero-order valence-electron chi connectivity index (χ0n) is 11.9. The standard InChI is InChI=1S/C15H12N2O4S/c1-8-10-7-9(18)3-4-11(10)21-14(20)12(8)13(19)16-15-17(2)5-6-22-15/h3-7,18H,1-2H3. The molecular weight excluding hydrogens is 304 g/mol. The van der Waals surface area contributed by atoms with Gasteiger partial charge in [0.25, 0.3) is 5.91 Å². The highest BCUT2D eigenvalue weighted by Gasteiger charge is 2.18. The van der Waals surface area contributed by atoms with Crippen molar-refractivity contribution in [1.29, 1.82) is 0 Å². The number of benzene rings is 1. The zero-order valence-corrected chi connectivity index (χ0v) is 12.7. The maximum atomic E-state index is 12.3. The Labute approximate surface area is 128 Å². The van der Waals surface area contributed by atoms with Crippen LogP contribution in [0, 0.1) is 6.92 Å². The second-order valence-electron chi connectivity index (χ2n) is 4.78. The van der Waals surface area contributed by atoms with Crippen molar-refractivity contribution in [3.8, 4) is 5.75 Å². The molecule has 0 aliphatic heterocycles. The Morgan fingerprint density at radius 3 is 2.86 bits per heavy atom. The van der Waals surface area contributed by atoms with Crippen molar-refractivity contribution in [2.24, 2.45) is 12.0 Å². The number of phenols is 1. The van der Waals surface area contributed by atoms with E-state index in [2.05, 4.69) is 4.99 Å². The summed E-state index contributed by atoms with van der Waals surface area (Å²) in [7, 11) is 1.76. The predicted octanol–water partition coefficient (Wildman–Crippen LogP) is 1.95. The van der Waals surface area contributed by atoms with Crippen LogP contribution in [0.1, 0.15) is 15.9 Å². The van der Waals surface area contributed by atoms with E-state index in [1.54, 1.807) is 30.1 Å². The van der Waals surface area contributed by atoms with E-state index in [-0.39, 0.29) is 11.3 Å². The molecule has 0 fully saturated rings. The number of carbonyl (C=O) groups excluding carboxylic acids is 1. The molecule has 6 nitrogen and oxygen atoms in total. The first-order valence-electron chi connectivity index (χ1n) is 6.43. The van der Waals surface area contributed by atoms with Gasteiger partial charge >= 0.3 is 5.63 Å².